The topological polar surface area (TPSA) is 63.2 Å². The number of anilines is 1. The molecule has 0 aliphatic carbocycles. The molecule has 0 saturated carbocycles. The van der Waals surface area contributed by atoms with E-state index < -0.39 is 21.6 Å². The molecule has 2 rings (SSSR count). The molecule has 0 fully saturated rings. The summed E-state index contributed by atoms with van der Waals surface area (Å²) in [7, 11) is -3.30. The van der Waals surface area contributed by atoms with Crippen molar-refractivity contribution in [2.24, 2.45) is 0 Å². The van der Waals surface area contributed by atoms with Crippen LogP contribution in [-0.4, -0.2) is 20.6 Å². The maximum Gasteiger partial charge on any atom is 0.255 e. The summed E-state index contributed by atoms with van der Waals surface area (Å²) in [6.45, 7) is 0. The number of hydrogen-bond donors (Lipinski definition) is 1. The second kappa shape index (κ2) is 5.42. The van der Waals surface area contributed by atoms with Crippen LogP contribution in [0.2, 0.25) is 0 Å². The lowest BCUT2D eigenvalue weighted by Crippen LogP contribution is -2.13. The predicted octanol–water partition coefficient (Wildman–Crippen LogP) is 2.48. The van der Waals surface area contributed by atoms with Crippen LogP contribution in [0.3, 0.4) is 0 Å². The van der Waals surface area contributed by atoms with E-state index in [4.69, 9.17) is 0 Å². The molecule has 0 spiro atoms. The molecule has 0 saturated heterocycles. The molecular formula is C14H12FNO3S. The molecule has 0 radical (unpaired) electrons. The first-order chi connectivity index (χ1) is 9.38. The largest absolute Gasteiger partial charge is 0.319 e. The molecule has 4 nitrogen and oxygen atoms in total. The molecule has 1 amide bonds. The van der Waals surface area contributed by atoms with Gasteiger partial charge in [-0.2, -0.15) is 0 Å². The van der Waals surface area contributed by atoms with E-state index in [9.17, 15) is 17.6 Å². The number of sulfone groups is 1. The Morgan fingerprint density at radius 3 is 2.20 bits per heavy atom. The van der Waals surface area contributed by atoms with Gasteiger partial charge >= 0.3 is 0 Å². The number of nitrogens with one attached hydrogen (secondary N) is 1. The van der Waals surface area contributed by atoms with Gasteiger partial charge in [0.25, 0.3) is 5.91 Å². The highest BCUT2D eigenvalue weighted by atomic mass is 32.2. The summed E-state index contributed by atoms with van der Waals surface area (Å²) in [5, 5.41) is 2.42. The van der Waals surface area contributed by atoms with Crippen molar-refractivity contribution in [1.29, 1.82) is 0 Å². The second-order valence-electron chi connectivity index (χ2n) is 4.23. The van der Waals surface area contributed by atoms with Crippen LogP contribution in [0, 0.1) is 5.82 Å². The predicted molar refractivity (Wildman–Crippen MR) is 73.9 cm³/mol. The minimum Gasteiger partial charge on any atom is -0.319 e. The van der Waals surface area contributed by atoms with Gasteiger partial charge in [0.15, 0.2) is 9.84 Å². The van der Waals surface area contributed by atoms with E-state index in [1.54, 1.807) is 6.07 Å². The summed E-state index contributed by atoms with van der Waals surface area (Å²) in [5.74, 6) is -1.04. The first-order valence-electron chi connectivity index (χ1n) is 5.74. The molecule has 104 valence electrons. The number of amides is 1. The van der Waals surface area contributed by atoms with E-state index in [1.807, 2.05) is 0 Å². The third-order valence-electron chi connectivity index (χ3n) is 2.67. The Balaban J connectivity index is 2.20. The van der Waals surface area contributed by atoms with E-state index in [0.717, 1.165) is 6.26 Å². The molecular weight excluding hydrogens is 281 g/mol. The Hall–Kier alpha value is -2.21. The third kappa shape index (κ3) is 3.21. The van der Waals surface area contributed by atoms with Crippen LogP contribution in [-0.2, 0) is 9.84 Å². The van der Waals surface area contributed by atoms with Crippen molar-refractivity contribution in [1.82, 2.24) is 0 Å². The van der Waals surface area contributed by atoms with Crippen LogP contribution in [0.5, 0.6) is 0 Å². The maximum atomic E-state index is 13.4. The highest BCUT2D eigenvalue weighted by molar-refractivity contribution is 7.90. The van der Waals surface area contributed by atoms with Crippen LogP contribution in [0.1, 0.15) is 10.4 Å². The lowest BCUT2D eigenvalue weighted by molar-refractivity contribution is 0.102. The van der Waals surface area contributed by atoms with Gasteiger partial charge in [0, 0.05) is 11.8 Å². The van der Waals surface area contributed by atoms with Gasteiger partial charge < -0.3 is 5.32 Å². The Bertz CT molecular complexity index is 739. The van der Waals surface area contributed by atoms with Gasteiger partial charge in [-0.1, -0.05) is 12.1 Å². The molecule has 0 bridgehead atoms. The fourth-order valence-electron chi connectivity index (χ4n) is 1.61. The minimum absolute atomic E-state index is 0.0738. The molecule has 6 heteroatoms. The number of para-hydroxylation sites is 1. The lowest BCUT2D eigenvalue weighted by atomic mass is 10.2. The zero-order valence-electron chi connectivity index (χ0n) is 10.6. The quantitative estimate of drug-likeness (QED) is 0.945. The standard InChI is InChI=1S/C14H12FNO3S/c1-20(18,19)11-8-6-10(7-9-11)14(17)16-13-5-3-2-4-12(13)15/h2-9H,1H3,(H,16,17). The molecule has 0 heterocycles. The summed E-state index contributed by atoms with van der Waals surface area (Å²) in [4.78, 5) is 12.0. The summed E-state index contributed by atoms with van der Waals surface area (Å²) >= 11 is 0. The Morgan fingerprint density at radius 1 is 1.05 bits per heavy atom. The normalized spacial score (nSPS) is 11.1. The van der Waals surface area contributed by atoms with Crippen molar-refractivity contribution in [3.63, 3.8) is 0 Å². The Labute approximate surface area is 116 Å². The van der Waals surface area contributed by atoms with E-state index in [0.29, 0.717) is 0 Å². The van der Waals surface area contributed by atoms with Gasteiger partial charge in [-0.05, 0) is 36.4 Å². The fourth-order valence-corrected chi connectivity index (χ4v) is 2.24. The summed E-state index contributed by atoms with van der Waals surface area (Å²) in [6.07, 6.45) is 1.08. The summed E-state index contributed by atoms with van der Waals surface area (Å²) < 4.78 is 36.0. The van der Waals surface area contributed by atoms with Crippen molar-refractivity contribution in [3.05, 3.63) is 59.9 Å². The Kier molecular flexibility index (Phi) is 3.85. The molecule has 2 aromatic carbocycles. The minimum atomic E-state index is -3.30. The molecule has 2 aromatic rings. The van der Waals surface area contributed by atoms with Gasteiger partial charge in [0.2, 0.25) is 0 Å². The number of rotatable bonds is 3. The molecule has 20 heavy (non-hydrogen) atoms. The molecule has 0 unspecified atom stereocenters. The van der Waals surface area contributed by atoms with Gasteiger partial charge in [-0.3, -0.25) is 4.79 Å². The van der Waals surface area contributed by atoms with Crippen molar-refractivity contribution < 1.29 is 17.6 Å². The van der Waals surface area contributed by atoms with Crippen molar-refractivity contribution in [3.8, 4) is 0 Å². The molecule has 0 aliphatic heterocycles. The van der Waals surface area contributed by atoms with Gasteiger partial charge in [0.1, 0.15) is 5.82 Å². The molecule has 0 aromatic heterocycles. The zero-order valence-corrected chi connectivity index (χ0v) is 11.4. The SMILES string of the molecule is CS(=O)(=O)c1ccc(C(=O)Nc2ccccc2F)cc1. The van der Waals surface area contributed by atoms with Crippen molar-refractivity contribution in [2.75, 3.05) is 11.6 Å². The van der Waals surface area contributed by atoms with Crippen LogP contribution < -0.4 is 5.32 Å². The zero-order chi connectivity index (χ0) is 14.8. The second-order valence-corrected chi connectivity index (χ2v) is 6.25. The summed E-state index contributed by atoms with van der Waals surface area (Å²) in [6, 6.07) is 11.2. The van der Waals surface area contributed by atoms with Crippen LogP contribution in [0.15, 0.2) is 53.4 Å². The van der Waals surface area contributed by atoms with Crippen molar-refractivity contribution >= 4 is 21.4 Å². The third-order valence-corrected chi connectivity index (χ3v) is 3.80. The van der Waals surface area contributed by atoms with Gasteiger partial charge in [-0.25, -0.2) is 12.8 Å². The molecule has 0 atom stereocenters. The van der Waals surface area contributed by atoms with E-state index in [-0.39, 0.29) is 16.1 Å². The van der Waals surface area contributed by atoms with E-state index in [2.05, 4.69) is 5.32 Å². The smallest absolute Gasteiger partial charge is 0.255 e. The Morgan fingerprint density at radius 2 is 1.65 bits per heavy atom. The van der Waals surface area contributed by atoms with Crippen LogP contribution in [0.25, 0.3) is 0 Å². The molecule has 1 N–H and O–H groups in total. The lowest BCUT2D eigenvalue weighted by Gasteiger charge is -2.06. The van der Waals surface area contributed by atoms with Crippen molar-refractivity contribution in [2.45, 2.75) is 4.90 Å². The average molecular weight is 293 g/mol. The highest BCUT2D eigenvalue weighted by Gasteiger charge is 2.11. The highest BCUT2D eigenvalue weighted by Crippen LogP contribution is 2.15. The monoisotopic (exact) mass is 293 g/mol. The van der Waals surface area contributed by atoms with Crippen LogP contribution in [0.4, 0.5) is 10.1 Å². The van der Waals surface area contributed by atoms with Crippen LogP contribution >= 0.6 is 0 Å². The fraction of sp³-hybridized carbons (Fsp3) is 0.0714. The summed E-state index contributed by atoms with van der Waals surface area (Å²) in [5.41, 5.74) is 0.324. The first-order valence-corrected chi connectivity index (χ1v) is 7.63. The van der Waals surface area contributed by atoms with E-state index in [1.165, 1.54) is 42.5 Å². The number of carbonyl (C=O) groups is 1. The number of hydrogen-bond acceptors (Lipinski definition) is 3. The maximum absolute atomic E-state index is 13.4. The number of carbonyl (C=O) groups excluding carboxylic acids is 1. The van der Waals surface area contributed by atoms with E-state index >= 15 is 0 Å². The van der Waals surface area contributed by atoms with Gasteiger partial charge in [-0.15, -0.1) is 0 Å². The molecule has 0 aliphatic rings. The number of benzene rings is 2. The number of halogens is 1. The average Bonchev–Trinajstić information content (AvgIpc) is 2.40. The van der Waals surface area contributed by atoms with Gasteiger partial charge in [0.05, 0.1) is 10.6 Å². The first kappa shape index (κ1) is 14.2.